The third-order valence-corrected chi connectivity index (χ3v) is 3.37. The topological polar surface area (TPSA) is 93.0 Å². The third-order valence-electron chi connectivity index (χ3n) is 2.75. The van der Waals surface area contributed by atoms with Gasteiger partial charge in [-0.2, -0.15) is 0 Å². The molecule has 23 heavy (non-hydrogen) atoms. The minimum absolute atomic E-state index is 0.0473. The van der Waals surface area contributed by atoms with Crippen molar-refractivity contribution in [2.24, 2.45) is 10.9 Å². The van der Waals surface area contributed by atoms with E-state index in [-0.39, 0.29) is 27.9 Å². The number of halogens is 2. The van der Waals surface area contributed by atoms with E-state index in [9.17, 15) is 14.4 Å². The number of carboxylic acid groups (broad SMARTS) is 1. The summed E-state index contributed by atoms with van der Waals surface area (Å²) >= 11 is 11.8. The average Bonchev–Trinajstić information content (AvgIpc) is 2.47. The molecule has 0 aliphatic carbocycles. The van der Waals surface area contributed by atoms with E-state index >= 15 is 0 Å². The minimum Gasteiger partial charge on any atom is -0.478 e. The number of hydrogen-bond acceptors (Lipinski definition) is 5. The summed E-state index contributed by atoms with van der Waals surface area (Å²) in [7, 11) is 0. The molecular formula is C15H15Cl2NO5. The van der Waals surface area contributed by atoms with Crippen LogP contribution in [-0.2, 0) is 14.3 Å². The largest absolute Gasteiger partial charge is 0.478 e. The predicted molar refractivity (Wildman–Crippen MR) is 87.0 cm³/mol. The molecule has 1 rings (SSSR count). The fourth-order valence-electron chi connectivity index (χ4n) is 1.60. The average molecular weight is 360 g/mol. The first-order valence-electron chi connectivity index (χ1n) is 6.71. The zero-order chi connectivity index (χ0) is 17.6. The van der Waals surface area contributed by atoms with Crippen LogP contribution < -0.4 is 0 Å². The lowest BCUT2D eigenvalue weighted by molar-refractivity contribution is -0.148. The second kappa shape index (κ2) is 8.64. The van der Waals surface area contributed by atoms with Gasteiger partial charge in [-0.15, -0.1) is 0 Å². The molecule has 0 fully saturated rings. The lowest BCUT2D eigenvalue weighted by Crippen LogP contribution is -2.25. The summed E-state index contributed by atoms with van der Waals surface area (Å²) in [6, 6.07) is 2.52. The van der Waals surface area contributed by atoms with E-state index < -0.39 is 23.6 Å². The van der Waals surface area contributed by atoms with Crippen molar-refractivity contribution in [2.45, 2.75) is 20.3 Å². The van der Waals surface area contributed by atoms with E-state index in [0.29, 0.717) is 6.42 Å². The van der Waals surface area contributed by atoms with Crippen molar-refractivity contribution >= 4 is 52.8 Å². The maximum Gasteiger partial charge on any atom is 0.337 e. The maximum absolute atomic E-state index is 11.8. The zero-order valence-corrected chi connectivity index (χ0v) is 14.0. The monoisotopic (exact) mass is 359 g/mol. The molecule has 6 nitrogen and oxygen atoms in total. The van der Waals surface area contributed by atoms with Crippen LogP contribution in [0.15, 0.2) is 17.1 Å². The van der Waals surface area contributed by atoms with Crippen LogP contribution in [-0.4, -0.2) is 35.6 Å². The number of hydrogen-bond donors (Lipinski definition) is 1. The van der Waals surface area contributed by atoms with Crippen LogP contribution in [0.1, 0.15) is 30.6 Å². The Hall–Kier alpha value is -1.92. The summed E-state index contributed by atoms with van der Waals surface area (Å²) < 4.78 is 4.91. The van der Waals surface area contributed by atoms with Gasteiger partial charge < -0.3 is 9.84 Å². The SMILES string of the molecule is CCCOC(=O)C(C=Nc1cc(Cl)cc(C(=O)O)c1Cl)C(C)=O. The first kappa shape index (κ1) is 19.1. The standard InChI is InChI=1S/C15H15Cl2NO5/c1-3-4-23-15(22)11(8(2)19)7-18-12-6-9(16)5-10(13(12)17)14(20)21/h5-7,11H,3-4H2,1-2H3,(H,20,21). The van der Waals surface area contributed by atoms with E-state index in [4.69, 9.17) is 33.0 Å². The summed E-state index contributed by atoms with van der Waals surface area (Å²) in [6.07, 6.45) is 1.69. The number of ether oxygens (including phenoxy) is 1. The number of ketones is 1. The molecule has 0 saturated carbocycles. The van der Waals surface area contributed by atoms with E-state index in [1.165, 1.54) is 19.1 Å². The molecule has 0 amide bonds. The van der Waals surface area contributed by atoms with Gasteiger partial charge in [-0.25, -0.2) is 4.79 Å². The van der Waals surface area contributed by atoms with Crippen molar-refractivity contribution in [3.63, 3.8) is 0 Å². The Balaban J connectivity index is 3.12. The molecule has 1 atom stereocenters. The first-order valence-corrected chi connectivity index (χ1v) is 7.47. The summed E-state index contributed by atoms with van der Waals surface area (Å²) in [5.41, 5.74) is -0.176. The number of benzene rings is 1. The molecular weight excluding hydrogens is 345 g/mol. The molecule has 0 spiro atoms. The van der Waals surface area contributed by atoms with Crippen molar-refractivity contribution < 1.29 is 24.2 Å². The number of aromatic carboxylic acids is 1. The molecule has 0 saturated heterocycles. The lowest BCUT2D eigenvalue weighted by Gasteiger charge is -2.09. The molecule has 0 aromatic heterocycles. The number of Topliss-reactive ketones (excluding diaryl/α,β-unsaturated/α-hetero) is 1. The fourth-order valence-corrected chi connectivity index (χ4v) is 2.05. The molecule has 0 aliphatic rings. The van der Waals surface area contributed by atoms with Crippen molar-refractivity contribution in [1.29, 1.82) is 0 Å². The number of nitrogens with zero attached hydrogens (tertiary/aromatic N) is 1. The van der Waals surface area contributed by atoms with E-state index in [0.717, 1.165) is 6.21 Å². The van der Waals surface area contributed by atoms with Gasteiger partial charge in [0.1, 0.15) is 5.78 Å². The van der Waals surface area contributed by atoms with Crippen LogP contribution in [0.4, 0.5) is 5.69 Å². The predicted octanol–water partition coefficient (Wildman–Crippen LogP) is 3.55. The van der Waals surface area contributed by atoms with Crippen LogP contribution in [0.2, 0.25) is 10.0 Å². The van der Waals surface area contributed by atoms with Crippen LogP contribution in [0, 0.1) is 5.92 Å². The minimum atomic E-state index is -1.26. The number of aliphatic imine (C=N–C) groups is 1. The molecule has 1 N–H and O–H groups in total. The summed E-state index contributed by atoms with van der Waals surface area (Å²) in [5.74, 6) is -3.63. The van der Waals surface area contributed by atoms with Gasteiger partial charge >= 0.3 is 11.9 Å². The van der Waals surface area contributed by atoms with E-state index in [1.807, 2.05) is 6.92 Å². The Morgan fingerprint density at radius 2 is 2.00 bits per heavy atom. The van der Waals surface area contributed by atoms with Crippen molar-refractivity contribution in [3.8, 4) is 0 Å². The molecule has 0 bridgehead atoms. The zero-order valence-electron chi connectivity index (χ0n) is 12.5. The molecule has 1 unspecified atom stereocenters. The molecule has 8 heteroatoms. The molecule has 124 valence electrons. The summed E-state index contributed by atoms with van der Waals surface area (Å²) in [6.45, 7) is 3.24. The maximum atomic E-state index is 11.8. The molecule has 1 aromatic carbocycles. The molecule has 1 aromatic rings. The highest BCUT2D eigenvalue weighted by Crippen LogP contribution is 2.32. The highest BCUT2D eigenvalue weighted by Gasteiger charge is 2.23. The second-order valence-electron chi connectivity index (χ2n) is 4.63. The number of rotatable bonds is 7. The number of carbonyl (C=O) groups excluding carboxylic acids is 2. The number of esters is 1. The number of carboxylic acids is 1. The van der Waals surface area contributed by atoms with Gasteiger partial charge in [0.25, 0.3) is 0 Å². The highest BCUT2D eigenvalue weighted by atomic mass is 35.5. The van der Waals surface area contributed by atoms with Crippen molar-refractivity contribution in [3.05, 3.63) is 27.7 Å². The summed E-state index contributed by atoms with van der Waals surface area (Å²) in [4.78, 5) is 38.4. The van der Waals surface area contributed by atoms with Gasteiger partial charge in [0.2, 0.25) is 0 Å². The van der Waals surface area contributed by atoms with E-state index in [1.54, 1.807) is 0 Å². The normalized spacial score (nSPS) is 12.2. The van der Waals surface area contributed by atoms with Gasteiger partial charge in [-0.05, 0) is 25.5 Å². The lowest BCUT2D eigenvalue weighted by atomic mass is 10.1. The first-order chi connectivity index (χ1) is 10.8. The Morgan fingerprint density at radius 1 is 1.35 bits per heavy atom. The van der Waals surface area contributed by atoms with Gasteiger partial charge in [0.15, 0.2) is 5.92 Å². The Labute approximate surface area is 143 Å². The quantitative estimate of drug-likeness (QED) is 0.456. The second-order valence-corrected chi connectivity index (χ2v) is 5.44. The van der Waals surface area contributed by atoms with Gasteiger partial charge in [-0.1, -0.05) is 30.1 Å². The van der Waals surface area contributed by atoms with Crippen LogP contribution in [0.3, 0.4) is 0 Å². The van der Waals surface area contributed by atoms with Crippen LogP contribution in [0.5, 0.6) is 0 Å². The Morgan fingerprint density at radius 3 is 2.52 bits per heavy atom. The Bertz CT molecular complexity index is 658. The highest BCUT2D eigenvalue weighted by molar-refractivity contribution is 6.38. The van der Waals surface area contributed by atoms with Crippen LogP contribution in [0.25, 0.3) is 0 Å². The molecule has 0 aliphatic heterocycles. The smallest absolute Gasteiger partial charge is 0.337 e. The van der Waals surface area contributed by atoms with Crippen molar-refractivity contribution in [1.82, 2.24) is 0 Å². The number of carbonyl (C=O) groups is 3. The van der Waals surface area contributed by atoms with Gasteiger partial charge in [0.05, 0.1) is 22.9 Å². The van der Waals surface area contributed by atoms with Gasteiger partial charge in [0, 0.05) is 11.2 Å². The van der Waals surface area contributed by atoms with Crippen LogP contribution >= 0.6 is 23.2 Å². The Kier molecular flexibility index (Phi) is 7.19. The van der Waals surface area contributed by atoms with Crippen molar-refractivity contribution in [2.75, 3.05) is 6.61 Å². The van der Waals surface area contributed by atoms with Gasteiger partial charge in [-0.3, -0.25) is 14.6 Å². The summed E-state index contributed by atoms with van der Waals surface area (Å²) in [5, 5.41) is 9.02. The molecule has 0 heterocycles. The molecule has 0 radical (unpaired) electrons. The van der Waals surface area contributed by atoms with E-state index in [2.05, 4.69) is 4.99 Å². The third kappa shape index (κ3) is 5.33. The fraction of sp³-hybridized carbons (Fsp3) is 0.333.